The monoisotopic (exact) mass is 328 g/mol. The van der Waals surface area contributed by atoms with Crippen molar-refractivity contribution >= 4 is 43.4 Å². The number of benzene rings is 2. The average molecular weight is 328 g/mol. The second kappa shape index (κ2) is 6.38. The second-order valence-corrected chi connectivity index (χ2v) is 6.63. The number of aryl methyl sites for hydroxylation is 2. The maximum absolute atomic E-state index is 10.7. The molecule has 0 saturated carbocycles. The lowest BCUT2D eigenvalue weighted by Crippen LogP contribution is -1.97. The van der Waals surface area contributed by atoms with E-state index >= 15 is 0 Å². The Kier molecular flexibility index (Phi) is 4.30. The minimum absolute atomic E-state index is 0.132. The van der Waals surface area contributed by atoms with Crippen molar-refractivity contribution in [3.8, 4) is 0 Å². The van der Waals surface area contributed by atoms with Crippen LogP contribution in [0.2, 0.25) is 0 Å². The van der Waals surface area contributed by atoms with E-state index in [4.69, 9.17) is 10.2 Å². The number of carbonyl (C=O) groups is 2. The van der Waals surface area contributed by atoms with Crippen molar-refractivity contribution in [2.45, 2.75) is 25.7 Å². The molecule has 0 atom stereocenters. The third-order valence-corrected chi connectivity index (χ3v) is 4.99. The Balaban J connectivity index is 1.94. The summed E-state index contributed by atoms with van der Waals surface area (Å²) in [6.45, 7) is 0. The van der Waals surface area contributed by atoms with E-state index in [1.165, 1.54) is 0 Å². The molecule has 0 saturated heterocycles. The van der Waals surface area contributed by atoms with Gasteiger partial charge in [0, 0.05) is 33.0 Å². The Morgan fingerprint density at radius 2 is 1.39 bits per heavy atom. The predicted octanol–water partition coefficient (Wildman–Crippen LogP) is 4.09. The smallest absolute Gasteiger partial charge is 0.303 e. The summed E-state index contributed by atoms with van der Waals surface area (Å²) in [5.74, 6) is -1.58. The zero-order chi connectivity index (χ0) is 16.4. The number of carboxylic acid groups (broad SMARTS) is 2. The van der Waals surface area contributed by atoms with E-state index in [1.54, 1.807) is 11.3 Å². The third-order valence-electron chi connectivity index (χ3n) is 3.86. The van der Waals surface area contributed by atoms with Gasteiger partial charge in [0.05, 0.1) is 0 Å². The molecule has 0 bridgehead atoms. The van der Waals surface area contributed by atoms with Gasteiger partial charge in [-0.15, -0.1) is 11.3 Å². The highest BCUT2D eigenvalue weighted by Crippen LogP contribution is 2.35. The first-order chi connectivity index (χ1) is 11.0. The zero-order valence-corrected chi connectivity index (χ0v) is 13.2. The number of thiophene rings is 1. The van der Waals surface area contributed by atoms with E-state index in [0.717, 1.165) is 31.3 Å². The average Bonchev–Trinajstić information content (AvgIpc) is 2.87. The van der Waals surface area contributed by atoms with Gasteiger partial charge in [-0.05, 0) is 42.2 Å². The lowest BCUT2D eigenvalue weighted by molar-refractivity contribution is -0.138. The highest BCUT2D eigenvalue weighted by atomic mass is 32.1. The van der Waals surface area contributed by atoms with Crippen molar-refractivity contribution in [2.75, 3.05) is 0 Å². The van der Waals surface area contributed by atoms with Crippen LogP contribution in [0, 0.1) is 0 Å². The molecule has 0 aliphatic heterocycles. The number of aliphatic carboxylic acids is 2. The molecule has 0 amide bonds. The van der Waals surface area contributed by atoms with Crippen LogP contribution in [-0.4, -0.2) is 22.2 Å². The predicted molar refractivity (Wildman–Crippen MR) is 91.2 cm³/mol. The van der Waals surface area contributed by atoms with Gasteiger partial charge in [-0.1, -0.05) is 18.2 Å². The van der Waals surface area contributed by atoms with Gasteiger partial charge in [0.2, 0.25) is 0 Å². The Morgan fingerprint density at radius 3 is 2.04 bits per heavy atom. The van der Waals surface area contributed by atoms with Crippen LogP contribution in [0.1, 0.15) is 24.0 Å². The first-order valence-corrected chi connectivity index (χ1v) is 8.22. The fourth-order valence-electron chi connectivity index (χ4n) is 2.68. The fourth-order valence-corrected chi connectivity index (χ4v) is 3.83. The van der Waals surface area contributed by atoms with Crippen LogP contribution in [0.25, 0.3) is 20.2 Å². The SMILES string of the molecule is O=C(O)CCc1ccc2c(c1)sc1ccc(CCC(=O)O)cc12. The van der Waals surface area contributed by atoms with E-state index in [2.05, 4.69) is 12.1 Å². The molecule has 1 heterocycles. The molecule has 0 aliphatic rings. The summed E-state index contributed by atoms with van der Waals surface area (Å²) in [4.78, 5) is 21.4. The summed E-state index contributed by atoms with van der Waals surface area (Å²) in [6, 6.07) is 12.1. The van der Waals surface area contributed by atoms with Crippen LogP contribution in [-0.2, 0) is 22.4 Å². The van der Waals surface area contributed by atoms with E-state index in [0.29, 0.717) is 12.8 Å². The van der Waals surface area contributed by atoms with Crippen LogP contribution in [0.5, 0.6) is 0 Å². The molecular weight excluding hydrogens is 312 g/mol. The van der Waals surface area contributed by atoms with Crippen LogP contribution in [0.3, 0.4) is 0 Å². The molecule has 118 valence electrons. The highest BCUT2D eigenvalue weighted by molar-refractivity contribution is 7.25. The van der Waals surface area contributed by atoms with Crippen LogP contribution in [0.15, 0.2) is 36.4 Å². The first-order valence-electron chi connectivity index (χ1n) is 7.40. The summed E-state index contributed by atoms with van der Waals surface area (Å²) in [5.41, 5.74) is 2.05. The van der Waals surface area contributed by atoms with E-state index in [1.807, 2.05) is 24.3 Å². The summed E-state index contributed by atoms with van der Waals surface area (Å²) < 4.78 is 2.30. The summed E-state index contributed by atoms with van der Waals surface area (Å²) >= 11 is 1.68. The molecule has 0 unspecified atom stereocenters. The van der Waals surface area contributed by atoms with Crippen molar-refractivity contribution in [3.05, 3.63) is 47.5 Å². The number of rotatable bonds is 6. The Hall–Kier alpha value is -2.40. The molecule has 3 aromatic rings. The van der Waals surface area contributed by atoms with E-state index < -0.39 is 11.9 Å². The fraction of sp³-hybridized carbons (Fsp3) is 0.222. The van der Waals surface area contributed by atoms with Gasteiger partial charge in [-0.3, -0.25) is 9.59 Å². The molecular formula is C18H16O4S. The van der Waals surface area contributed by atoms with Gasteiger partial charge < -0.3 is 10.2 Å². The normalized spacial score (nSPS) is 11.1. The molecule has 4 nitrogen and oxygen atoms in total. The Morgan fingerprint density at radius 1 is 0.783 bits per heavy atom. The number of hydrogen-bond donors (Lipinski definition) is 2. The molecule has 0 radical (unpaired) electrons. The molecule has 5 heteroatoms. The van der Waals surface area contributed by atoms with Gasteiger partial charge in [0.25, 0.3) is 0 Å². The van der Waals surface area contributed by atoms with Gasteiger partial charge >= 0.3 is 11.9 Å². The minimum atomic E-state index is -0.789. The first kappa shape index (κ1) is 15.5. The maximum atomic E-state index is 10.7. The summed E-state index contributed by atoms with van der Waals surface area (Å²) in [5, 5.41) is 19.9. The quantitative estimate of drug-likeness (QED) is 0.715. The number of carboxylic acids is 2. The van der Waals surface area contributed by atoms with Gasteiger partial charge in [0.15, 0.2) is 0 Å². The van der Waals surface area contributed by atoms with Crippen LogP contribution in [0.4, 0.5) is 0 Å². The maximum Gasteiger partial charge on any atom is 0.303 e. The molecule has 0 spiro atoms. The van der Waals surface area contributed by atoms with Crippen molar-refractivity contribution in [3.63, 3.8) is 0 Å². The van der Waals surface area contributed by atoms with Crippen molar-refractivity contribution < 1.29 is 19.8 Å². The molecule has 2 aromatic carbocycles. The van der Waals surface area contributed by atoms with Gasteiger partial charge in [-0.2, -0.15) is 0 Å². The van der Waals surface area contributed by atoms with Gasteiger partial charge in [0.1, 0.15) is 0 Å². The minimum Gasteiger partial charge on any atom is -0.481 e. The lowest BCUT2D eigenvalue weighted by Gasteiger charge is -2.01. The molecule has 0 aliphatic carbocycles. The molecule has 23 heavy (non-hydrogen) atoms. The van der Waals surface area contributed by atoms with E-state index in [-0.39, 0.29) is 12.8 Å². The van der Waals surface area contributed by atoms with Gasteiger partial charge in [-0.25, -0.2) is 0 Å². The number of fused-ring (bicyclic) bond motifs is 3. The van der Waals surface area contributed by atoms with Crippen molar-refractivity contribution in [1.29, 1.82) is 0 Å². The molecule has 1 aromatic heterocycles. The lowest BCUT2D eigenvalue weighted by atomic mass is 10.0. The standard InChI is InChI=1S/C18H16O4S/c19-17(20)7-3-11-2-6-15-14(9-11)13-5-1-12(4-8-18(21)22)10-16(13)23-15/h1-2,5-6,9-10H,3-4,7-8H2,(H,19,20)(H,21,22). The largest absolute Gasteiger partial charge is 0.481 e. The van der Waals surface area contributed by atoms with E-state index in [9.17, 15) is 9.59 Å². The zero-order valence-electron chi connectivity index (χ0n) is 12.4. The summed E-state index contributed by atoms with van der Waals surface area (Å²) in [6.07, 6.45) is 1.32. The molecule has 0 fully saturated rings. The molecule has 2 N–H and O–H groups in total. The van der Waals surface area contributed by atoms with Crippen LogP contribution < -0.4 is 0 Å². The van der Waals surface area contributed by atoms with Crippen molar-refractivity contribution in [2.24, 2.45) is 0 Å². The Bertz CT molecular complexity index is 895. The summed E-state index contributed by atoms with van der Waals surface area (Å²) in [7, 11) is 0. The molecule has 3 rings (SSSR count). The van der Waals surface area contributed by atoms with Crippen LogP contribution >= 0.6 is 11.3 Å². The Labute approximate surface area is 137 Å². The second-order valence-electron chi connectivity index (χ2n) is 5.55. The third kappa shape index (κ3) is 3.51. The topological polar surface area (TPSA) is 74.6 Å². The number of hydrogen-bond acceptors (Lipinski definition) is 3. The highest BCUT2D eigenvalue weighted by Gasteiger charge is 2.08. The van der Waals surface area contributed by atoms with Crippen molar-refractivity contribution in [1.82, 2.24) is 0 Å².